The van der Waals surface area contributed by atoms with E-state index in [-0.39, 0.29) is 18.6 Å². The third kappa shape index (κ3) is 6.33. The molecule has 0 aliphatic carbocycles. The average molecular weight is 521 g/mol. The number of aromatic nitrogens is 1. The number of piperidine rings is 1. The van der Waals surface area contributed by atoms with Gasteiger partial charge in [0.05, 0.1) is 12.6 Å². The van der Waals surface area contributed by atoms with Gasteiger partial charge in [-0.05, 0) is 74.4 Å². The van der Waals surface area contributed by atoms with Crippen LogP contribution in [0.3, 0.4) is 0 Å². The second-order valence-electron chi connectivity index (χ2n) is 9.68. The number of aliphatic hydroxyl groups excluding tert-OH is 1. The van der Waals surface area contributed by atoms with E-state index < -0.39 is 29.9 Å². The van der Waals surface area contributed by atoms with Gasteiger partial charge in [-0.15, -0.1) is 0 Å². The molecule has 0 spiro atoms. The van der Waals surface area contributed by atoms with Crippen LogP contribution in [-0.2, 0) is 13.1 Å². The van der Waals surface area contributed by atoms with Crippen molar-refractivity contribution >= 4 is 10.9 Å². The molecule has 1 fully saturated rings. The molecule has 37 heavy (non-hydrogen) atoms. The largest absolute Gasteiger partial charge is 0.497 e. The molecule has 0 unspecified atom stereocenters. The fourth-order valence-corrected chi connectivity index (χ4v) is 5.11. The Morgan fingerprint density at radius 1 is 1.11 bits per heavy atom. The van der Waals surface area contributed by atoms with Crippen LogP contribution in [0.2, 0.25) is 0 Å². The van der Waals surface area contributed by atoms with Crippen LogP contribution in [0, 0.1) is 22.9 Å². The highest BCUT2D eigenvalue weighted by Gasteiger charge is 2.33. The molecule has 9 heteroatoms. The van der Waals surface area contributed by atoms with Gasteiger partial charge in [-0.3, -0.25) is 9.88 Å². The summed E-state index contributed by atoms with van der Waals surface area (Å²) in [4.78, 5) is 6.50. The Balaban J connectivity index is 1.31. The monoisotopic (exact) mass is 520 g/mol. The van der Waals surface area contributed by atoms with Gasteiger partial charge in [-0.25, -0.2) is 13.2 Å². The second kappa shape index (κ2) is 12.1. The molecule has 1 saturated heterocycles. The van der Waals surface area contributed by atoms with Gasteiger partial charge in [0, 0.05) is 42.4 Å². The first kappa shape index (κ1) is 27.1. The van der Waals surface area contributed by atoms with Crippen molar-refractivity contribution in [1.82, 2.24) is 9.88 Å². The zero-order chi connectivity index (χ0) is 26.4. The summed E-state index contributed by atoms with van der Waals surface area (Å²) in [5.74, 6) is -3.11. The van der Waals surface area contributed by atoms with E-state index in [9.17, 15) is 22.7 Å². The minimum absolute atomic E-state index is 0.0615. The molecule has 1 aliphatic rings. The van der Waals surface area contributed by atoms with Crippen LogP contribution in [0.15, 0.2) is 36.5 Å². The van der Waals surface area contributed by atoms with Gasteiger partial charge in [0.25, 0.3) is 0 Å². The predicted octanol–water partition coefficient (Wildman–Crippen LogP) is 5.61. The standard InChI is InChI=1S/C28H32F4N2O3/c1-36-21-4-5-25-23(15-21)22(19(16-29)17-33-25)3-2-6-28(18-35)7-9-34(10-8-28)11-12-37-26-14-20(30)13-24(31)27(26)32/h4-5,13-15,17,35H,2-3,6-12,16,18H2,1H3. The Bertz CT molecular complexity index is 1210. The van der Waals surface area contributed by atoms with E-state index in [0.717, 1.165) is 61.3 Å². The smallest absolute Gasteiger partial charge is 0.200 e. The number of nitrogens with zero attached hydrogens (tertiary/aromatic N) is 2. The van der Waals surface area contributed by atoms with Crippen molar-refractivity contribution in [2.45, 2.75) is 38.8 Å². The number of rotatable bonds is 11. The summed E-state index contributed by atoms with van der Waals surface area (Å²) < 4.78 is 64.8. The quantitative estimate of drug-likeness (QED) is 0.263. The number of halogens is 4. The van der Waals surface area contributed by atoms with Gasteiger partial charge in [0.1, 0.15) is 24.8 Å². The summed E-state index contributed by atoms with van der Waals surface area (Å²) in [6.45, 7) is 1.47. The van der Waals surface area contributed by atoms with Gasteiger partial charge in [-0.1, -0.05) is 0 Å². The lowest BCUT2D eigenvalue weighted by atomic mass is 9.75. The number of hydrogen-bond donors (Lipinski definition) is 1. The number of alkyl halides is 1. The maximum absolute atomic E-state index is 13.8. The molecule has 200 valence electrons. The number of aliphatic hydroxyl groups is 1. The first-order valence-corrected chi connectivity index (χ1v) is 12.5. The Kier molecular flexibility index (Phi) is 8.87. The van der Waals surface area contributed by atoms with Crippen LogP contribution in [0.1, 0.15) is 36.8 Å². The van der Waals surface area contributed by atoms with Crippen LogP contribution in [0.4, 0.5) is 17.6 Å². The zero-order valence-corrected chi connectivity index (χ0v) is 20.9. The Morgan fingerprint density at radius 3 is 2.59 bits per heavy atom. The van der Waals surface area contributed by atoms with Crippen LogP contribution in [-0.4, -0.2) is 54.9 Å². The molecule has 5 nitrogen and oxygen atoms in total. The summed E-state index contributed by atoms with van der Waals surface area (Å²) in [6.07, 6.45) is 5.39. The number of benzene rings is 2. The maximum atomic E-state index is 13.8. The normalized spacial score (nSPS) is 15.7. The molecule has 1 aliphatic heterocycles. The van der Waals surface area contributed by atoms with E-state index >= 15 is 0 Å². The van der Waals surface area contributed by atoms with Gasteiger partial charge in [0.2, 0.25) is 5.82 Å². The highest BCUT2D eigenvalue weighted by Crippen LogP contribution is 2.37. The molecule has 1 N–H and O–H groups in total. The summed E-state index contributed by atoms with van der Waals surface area (Å²) in [6, 6.07) is 6.91. The lowest BCUT2D eigenvalue weighted by molar-refractivity contribution is 0.0314. The Labute approximate surface area is 214 Å². The van der Waals surface area contributed by atoms with Crippen molar-refractivity contribution in [3.05, 3.63) is 65.1 Å². The van der Waals surface area contributed by atoms with Crippen LogP contribution in [0.25, 0.3) is 10.9 Å². The molecule has 1 aromatic heterocycles. The zero-order valence-electron chi connectivity index (χ0n) is 20.9. The van der Waals surface area contributed by atoms with Gasteiger partial charge in [-0.2, -0.15) is 4.39 Å². The van der Waals surface area contributed by atoms with Gasteiger partial charge < -0.3 is 14.6 Å². The number of methoxy groups -OCH3 is 1. The van der Waals surface area contributed by atoms with E-state index in [1.165, 1.54) is 0 Å². The molecular weight excluding hydrogens is 488 g/mol. The topological polar surface area (TPSA) is 54.8 Å². The van der Waals surface area contributed by atoms with Crippen molar-refractivity contribution in [2.75, 3.05) is 40.0 Å². The van der Waals surface area contributed by atoms with E-state index in [1.807, 2.05) is 18.2 Å². The van der Waals surface area contributed by atoms with E-state index in [1.54, 1.807) is 13.3 Å². The summed E-state index contributed by atoms with van der Waals surface area (Å²) in [7, 11) is 1.59. The second-order valence-corrected chi connectivity index (χ2v) is 9.68. The van der Waals surface area contributed by atoms with Gasteiger partial charge in [0.15, 0.2) is 11.6 Å². The van der Waals surface area contributed by atoms with Crippen LogP contribution < -0.4 is 9.47 Å². The lowest BCUT2D eigenvalue weighted by Gasteiger charge is -2.41. The molecule has 4 rings (SSSR count). The molecule has 2 heterocycles. The highest BCUT2D eigenvalue weighted by atomic mass is 19.2. The number of fused-ring (bicyclic) bond motifs is 1. The lowest BCUT2D eigenvalue weighted by Crippen LogP contribution is -2.43. The van der Waals surface area contributed by atoms with Crippen LogP contribution >= 0.6 is 0 Å². The number of hydrogen-bond acceptors (Lipinski definition) is 5. The number of likely N-dealkylation sites (tertiary alicyclic amines) is 1. The van der Waals surface area contributed by atoms with E-state index in [4.69, 9.17) is 9.47 Å². The molecule has 3 aromatic rings. The van der Waals surface area contributed by atoms with Gasteiger partial charge >= 0.3 is 0 Å². The van der Waals surface area contributed by atoms with Crippen LogP contribution in [0.5, 0.6) is 11.5 Å². The fourth-order valence-electron chi connectivity index (χ4n) is 5.11. The fraction of sp³-hybridized carbons (Fsp3) is 0.464. The minimum Gasteiger partial charge on any atom is -0.497 e. The van der Waals surface area contributed by atoms with E-state index in [0.29, 0.717) is 30.3 Å². The third-order valence-electron chi connectivity index (χ3n) is 7.43. The van der Waals surface area contributed by atoms with Crippen molar-refractivity contribution in [2.24, 2.45) is 5.41 Å². The van der Waals surface area contributed by atoms with Crippen molar-refractivity contribution in [3.8, 4) is 11.5 Å². The van der Waals surface area contributed by atoms with Crippen molar-refractivity contribution in [3.63, 3.8) is 0 Å². The number of aryl methyl sites for hydroxylation is 1. The third-order valence-corrected chi connectivity index (χ3v) is 7.43. The first-order valence-electron chi connectivity index (χ1n) is 12.5. The molecule has 0 bridgehead atoms. The molecule has 2 aromatic carbocycles. The molecule has 0 saturated carbocycles. The number of ether oxygens (including phenoxy) is 2. The summed E-state index contributed by atoms with van der Waals surface area (Å²) in [5.41, 5.74) is 2.06. The molecule has 0 amide bonds. The first-order chi connectivity index (χ1) is 17.9. The molecule has 0 atom stereocenters. The average Bonchev–Trinajstić information content (AvgIpc) is 2.92. The Morgan fingerprint density at radius 2 is 1.89 bits per heavy atom. The van der Waals surface area contributed by atoms with Crippen molar-refractivity contribution in [1.29, 1.82) is 0 Å². The van der Waals surface area contributed by atoms with Crippen molar-refractivity contribution < 1.29 is 32.1 Å². The molecular formula is C28H32F4N2O3. The SMILES string of the molecule is COc1ccc2ncc(CF)c(CCCC3(CO)CCN(CCOc4cc(F)cc(F)c4F)CC3)c2c1. The summed E-state index contributed by atoms with van der Waals surface area (Å²) >= 11 is 0. The maximum Gasteiger partial charge on any atom is 0.200 e. The Hall–Kier alpha value is -2.91. The predicted molar refractivity (Wildman–Crippen MR) is 133 cm³/mol. The summed E-state index contributed by atoms with van der Waals surface area (Å²) in [5, 5.41) is 11.1. The number of pyridine rings is 1. The minimum atomic E-state index is -1.28. The molecule has 0 radical (unpaired) electrons. The highest BCUT2D eigenvalue weighted by molar-refractivity contribution is 5.84. The van der Waals surface area contributed by atoms with E-state index in [2.05, 4.69) is 9.88 Å².